The molecular formula is C34H23NO7. The number of aromatic carboxylic acids is 1. The Balaban J connectivity index is 1.95. The number of carbonyl (C=O) groups is 3. The number of methoxy groups -OCH3 is 1. The number of nitro groups is 1. The Labute approximate surface area is 240 Å². The third kappa shape index (κ3) is 5.29. The lowest BCUT2D eigenvalue weighted by atomic mass is 9.80. The van der Waals surface area contributed by atoms with Gasteiger partial charge in [-0.25, -0.2) is 4.79 Å². The average Bonchev–Trinajstić information content (AvgIpc) is 3.04. The van der Waals surface area contributed by atoms with Gasteiger partial charge in [0, 0.05) is 45.5 Å². The van der Waals surface area contributed by atoms with Crippen molar-refractivity contribution in [2.45, 2.75) is 0 Å². The fraction of sp³-hybridized carbons (Fsp3) is 0.0294. The Kier molecular flexibility index (Phi) is 7.70. The highest BCUT2D eigenvalue weighted by Crippen LogP contribution is 2.42. The predicted molar refractivity (Wildman–Crippen MR) is 157 cm³/mol. The number of hydrogen-bond acceptors (Lipinski definition) is 6. The van der Waals surface area contributed by atoms with Gasteiger partial charge in [-0.2, -0.15) is 0 Å². The molecule has 206 valence electrons. The first-order valence-corrected chi connectivity index (χ1v) is 12.8. The monoisotopic (exact) mass is 557 g/mol. The van der Waals surface area contributed by atoms with Crippen LogP contribution in [0.4, 0.5) is 5.69 Å². The number of carboxylic acid groups (broad SMARTS) is 1. The summed E-state index contributed by atoms with van der Waals surface area (Å²) in [6.45, 7) is 0. The van der Waals surface area contributed by atoms with Gasteiger partial charge >= 0.3 is 5.97 Å². The largest absolute Gasteiger partial charge is 0.497 e. The summed E-state index contributed by atoms with van der Waals surface area (Å²) in [5, 5.41) is 21.8. The van der Waals surface area contributed by atoms with Crippen molar-refractivity contribution in [2.75, 3.05) is 7.11 Å². The van der Waals surface area contributed by atoms with Crippen molar-refractivity contribution in [3.8, 4) is 28.0 Å². The first-order valence-electron chi connectivity index (χ1n) is 12.8. The maximum atomic E-state index is 14.1. The number of benzene rings is 5. The summed E-state index contributed by atoms with van der Waals surface area (Å²) < 4.78 is 5.31. The van der Waals surface area contributed by atoms with Gasteiger partial charge in [0.1, 0.15) is 5.75 Å². The summed E-state index contributed by atoms with van der Waals surface area (Å²) in [7, 11) is 1.50. The molecule has 5 aromatic rings. The number of ketones is 2. The van der Waals surface area contributed by atoms with Crippen LogP contribution in [0.15, 0.2) is 115 Å². The lowest BCUT2D eigenvalue weighted by Gasteiger charge is -2.21. The van der Waals surface area contributed by atoms with Crippen molar-refractivity contribution in [1.29, 1.82) is 0 Å². The Morgan fingerprint density at radius 2 is 1.17 bits per heavy atom. The molecule has 0 aliphatic carbocycles. The number of carbonyl (C=O) groups excluding carboxylic acids is 2. The zero-order valence-corrected chi connectivity index (χ0v) is 22.3. The van der Waals surface area contributed by atoms with E-state index in [-0.39, 0.29) is 39.1 Å². The Morgan fingerprint density at radius 3 is 1.67 bits per heavy atom. The maximum Gasteiger partial charge on any atom is 0.336 e. The first kappa shape index (κ1) is 27.7. The van der Waals surface area contributed by atoms with E-state index >= 15 is 0 Å². The summed E-state index contributed by atoms with van der Waals surface area (Å²) in [5.74, 6) is -1.89. The number of nitrogens with zero attached hydrogens (tertiary/aromatic N) is 1. The zero-order valence-electron chi connectivity index (χ0n) is 22.3. The van der Waals surface area contributed by atoms with Crippen LogP contribution in [0.5, 0.6) is 5.75 Å². The van der Waals surface area contributed by atoms with Gasteiger partial charge in [0.05, 0.1) is 17.6 Å². The zero-order chi connectivity index (χ0) is 29.8. The van der Waals surface area contributed by atoms with Gasteiger partial charge in [-0.05, 0) is 41.5 Å². The minimum atomic E-state index is -1.39. The molecule has 1 N–H and O–H groups in total. The summed E-state index contributed by atoms with van der Waals surface area (Å²) in [4.78, 5) is 51.8. The second-order valence-corrected chi connectivity index (χ2v) is 9.32. The van der Waals surface area contributed by atoms with Gasteiger partial charge in [0.2, 0.25) is 0 Å². The molecule has 5 rings (SSSR count). The molecule has 0 aromatic heterocycles. The highest BCUT2D eigenvalue weighted by Gasteiger charge is 2.31. The van der Waals surface area contributed by atoms with Crippen molar-refractivity contribution in [1.82, 2.24) is 0 Å². The van der Waals surface area contributed by atoms with Crippen molar-refractivity contribution in [2.24, 2.45) is 0 Å². The number of ether oxygens (including phenoxy) is 1. The molecule has 5 aromatic carbocycles. The molecule has 0 unspecified atom stereocenters. The van der Waals surface area contributed by atoms with Gasteiger partial charge in [-0.3, -0.25) is 19.7 Å². The third-order valence-corrected chi connectivity index (χ3v) is 6.85. The predicted octanol–water partition coefficient (Wildman–Crippen LogP) is 7.10. The van der Waals surface area contributed by atoms with E-state index in [1.165, 1.54) is 37.4 Å². The van der Waals surface area contributed by atoms with E-state index in [4.69, 9.17) is 4.74 Å². The van der Waals surface area contributed by atoms with Crippen molar-refractivity contribution in [3.63, 3.8) is 0 Å². The molecule has 0 radical (unpaired) electrons. The molecule has 0 bridgehead atoms. The molecule has 0 atom stereocenters. The van der Waals surface area contributed by atoms with Crippen molar-refractivity contribution in [3.05, 3.63) is 153 Å². The van der Waals surface area contributed by atoms with Crippen LogP contribution in [-0.2, 0) is 0 Å². The summed E-state index contributed by atoms with van der Waals surface area (Å²) >= 11 is 0. The summed E-state index contributed by atoms with van der Waals surface area (Å²) in [6.07, 6.45) is 0. The minimum absolute atomic E-state index is 0.0304. The lowest BCUT2D eigenvalue weighted by molar-refractivity contribution is -0.384. The van der Waals surface area contributed by atoms with Crippen LogP contribution in [0, 0.1) is 10.1 Å². The summed E-state index contributed by atoms with van der Waals surface area (Å²) in [6, 6.07) is 30.1. The van der Waals surface area contributed by atoms with E-state index < -0.39 is 22.5 Å². The quantitative estimate of drug-likeness (QED) is 0.116. The van der Waals surface area contributed by atoms with E-state index in [0.29, 0.717) is 22.4 Å². The van der Waals surface area contributed by atoms with Crippen LogP contribution in [0.3, 0.4) is 0 Å². The van der Waals surface area contributed by atoms with Crippen molar-refractivity contribution < 1.29 is 29.2 Å². The fourth-order valence-electron chi connectivity index (χ4n) is 4.84. The van der Waals surface area contributed by atoms with E-state index in [2.05, 4.69) is 0 Å². The molecule has 42 heavy (non-hydrogen) atoms. The van der Waals surface area contributed by atoms with Crippen LogP contribution in [-0.4, -0.2) is 34.7 Å². The second-order valence-electron chi connectivity index (χ2n) is 9.32. The SMILES string of the molecule is COc1ccc(-c2c(C(=O)c3ccccc3)c(C(=O)O)cc(C(=O)c3ccccc3)c2-c2ccc([N+](=O)[O-])cc2)cc1. The van der Waals surface area contributed by atoms with Crippen LogP contribution in [0.2, 0.25) is 0 Å². The molecule has 0 saturated carbocycles. The Hall–Kier alpha value is -5.89. The van der Waals surface area contributed by atoms with Crippen LogP contribution in [0.25, 0.3) is 22.3 Å². The van der Waals surface area contributed by atoms with Gasteiger partial charge in [0.15, 0.2) is 11.6 Å². The molecule has 0 fully saturated rings. The van der Waals surface area contributed by atoms with Crippen LogP contribution < -0.4 is 4.74 Å². The van der Waals surface area contributed by atoms with Crippen LogP contribution >= 0.6 is 0 Å². The second kappa shape index (κ2) is 11.7. The topological polar surface area (TPSA) is 124 Å². The van der Waals surface area contributed by atoms with E-state index in [1.807, 2.05) is 0 Å². The lowest BCUT2D eigenvalue weighted by Crippen LogP contribution is -2.16. The third-order valence-electron chi connectivity index (χ3n) is 6.85. The number of non-ortho nitro benzene ring substituents is 1. The number of carboxylic acids is 1. The number of rotatable bonds is 9. The number of nitro benzene ring substituents is 1. The van der Waals surface area contributed by atoms with E-state index in [9.17, 15) is 29.6 Å². The average molecular weight is 558 g/mol. The normalized spacial score (nSPS) is 10.6. The molecule has 0 aliphatic rings. The molecular weight excluding hydrogens is 534 g/mol. The molecule has 0 heterocycles. The fourth-order valence-corrected chi connectivity index (χ4v) is 4.84. The molecule has 0 aliphatic heterocycles. The van der Waals surface area contributed by atoms with Gasteiger partial charge in [0.25, 0.3) is 5.69 Å². The molecule has 0 amide bonds. The first-order chi connectivity index (χ1) is 20.3. The Bertz CT molecular complexity index is 1810. The standard InChI is InChI=1S/C34H23NO7/c1-42-26-18-14-22(15-19-26)30-29(21-12-16-25(17-13-21)35(40)41)27(32(36)23-8-4-2-5-9-23)20-28(34(38)39)31(30)33(37)24-10-6-3-7-11-24/h2-20H,1H3,(H,38,39). The number of hydrogen-bond donors (Lipinski definition) is 1. The van der Waals surface area contributed by atoms with E-state index in [1.54, 1.807) is 84.9 Å². The highest BCUT2D eigenvalue weighted by molar-refractivity contribution is 6.23. The minimum Gasteiger partial charge on any atom is -0.497 e. The van der Waals surface area contributed by atoms with Gasteiger partial charge < -0.3 is 9.84 Å². The van der Waals surface area contributed by atoms with Crippen LogP contribution in [0.1, 0.15) is 42.2 Å². The van der Waals surface area contributed by atoms with E-state index in [0.717, 1.165) is 0 Å². The molecule has 8 heteroatoms. The maximum absolute atomic E-state index is 14.1. The highest BCUT2D eigenvalue weighted by atomic mass is 16.6. The van der Waals surface area contributed by atoms with Crippen molar-refractivity contribution >= 4 is 23.2 Å². The summed E-state index contributed by atoms with van der Waals surface area (Å²) in [5.41, 5.74) is 1.29. The molecule has 8 nitrogen and oxygen atoms in total. The smallest absolute Gasteiger partial charge is 0.336 e. The molecule has 0 spiro atoms. The van der Waals surface area contributed by atoms with Gasteiger partial charge in [-0.1, -0.05) is 72.8 Å². The van der Waals surface area contributed by atoms with Gasteiger partial charge in [-0.15, -0.1) is 0 Å². The Morgan fingerprint density at radius 1 is 0.667 bits per heavy atom. The molecule has 0 saturated heterocycles.